The predicted molar refractivity (Wildman–Crippen MR) is 91.1 cm³/mol. The first-order valence-corrected chi connectivity index (χ1v) is 8.12. The fourth-order valence-corrected chi connectivity index (χ4v) is 2.56. The Balaban J connectivity index is 1.54. The topological polar surface area (TPSA) is 85.3 Å². The third-order valence-electron chi connectivity index (χ3n) is 3.92. The van der Waals surface area contributed by atoms with Gasteiger partial charge in [-0.25, -0.2) is 4.98 Å². The quantitative estimate of drug-likeness (QED) is 0.581. The molecule has 0 saturated carbocycles. The van der Waals surface area contributed by atoms with E-state index in [1.54, 1.807) is 10.6 Å². The van der Waals surface area contributed by atoms with Crippen molar-refractivity contribution in [2.45, 2.75) is 12.7 Å². The number of halogens is 3. The Morgan fingerprint density at radius 2 is 1.93 bits per heavy atom. The molecule has 0 unspecified atom stereocenters. The molecule has 1 aromatic carbocycles. The Morgan fingerprint density at radius 1 is 1.14 bits per heavy atom. The van der Waals surface area contributed by atoms with Crippen molar-refractivity contribution in [2.75, 3.05) is 0 Å². The van der Waals surface area contributed by atoms with E-state index in [0.717, 1.165) is 5.56 Å². The van der Waals surface area contributed by atoms with E-state index in [1.807, 2.05) is 30.3 Å². The number of carbonyl (C=O) groups is 1. The zero-order valence-corrected chi connectivity index (χ0v) is 14.1. The molecule has 0 aliphatic heterocycles. The van der Waals surface area contributed by atoms with Crippen LogP contribution in [0.15, 0.2) is 59.4 Å². The van der Waals surface area contributed by atoms with E-state index in [2.05, 4.69) is 25.0 Å². The molecule has 4 aromatic rings. The molecule has 0 saturated heterocycles. The number of imidazole rings is 1. The molecule has 0 spiro atoms. The van der Waals surface area contributed by atoms with Crippen LogP contribution < -0.4 is 5.32 Å². The summed E-state index contributed by atoms with van der Waals surface area (Å²) in [5.41, 5.74) is 1.77. The lowest BCUT2D eigenvalue weighted by atomic mass is 10.2. The molecular weight excluding hydrogens is 375 g/mol. The minimum atomic E-state index is -4.72. The maximum absolute atomic E-state index is 12.6. The van der Waals surface area contributed by atoms with Gasteiger partial charge in [0.25, 0.3) is 5.91 Å². The molecule has 10 heteroatoms. The molecule has 0 aliphatic rings. The number of benzene rings is 1. The predicted octanol–water partition coefficient (Wildman–Crippen LogP) is 3.33. The van der Waals surface area contributed by atoms with E-state index in [9.17, 15) is 18.0 Å². The van der Waals surface area contributed by atoms with Gasteiger partial charge in [0, 0.05) is 24.5 Å². The smallest absolute Gasteiger partial charge is 0.347 e. The molecule has 3 aromatic heterocycles. The largest absolute Gasteiger partial charge is 0.471 e. The number of rotatable bonds is 4. The summed E-state index contributed by atoms with van der Waals surface area (Å²) in [6.07, 6.45) is -1.64. The molecule has 142 valence electrons. The fourth-order valence-electron chi connectivity index (χ4n) is 2.56. The summed E-state index contributed by atoms with van der Waals surface area (Å²) in [4.78, 5) is 19.9. The minimum absolute atomic E-state index is 0.178. The lowest BCUT2D eigenvalue weighted by Gasteiger charge is -2.02. The number of aromatic nitrogens is 4. The summed E-state index contributed by atoms with van der Waals surface area (Å²) in [5, 5.41) is 6.11. The zero-order chi connectivity index (χ0) is 19.7. The molecular formula is C18H12F3N5O2. The lowest BCUT2D eigenvalue weighted by molar-refractivity contribution is -0.159. The van der Waals surface area contributed by atoms with Gasteiger partial charge in [-0.1, -0.05) is 35.5 Å². The normalized spacial score (nSPS) is 11.7. The summed E-state index contributed by atoms with van der Waals surface area (Å²) in [6.45, 7) is 0.349. The molecule has 3 heterocycles. The van der Waals surface area contributed by atoms with Crippen molar-refractivity contribution >= 4 is 11.6 Å². The summed E-state index contributed by atoms with van der Waals surface area (Å²) >= 11 is 0. The van der Waals surface area contributed by atoms with Gasteiger partial charge in [0.15, 0.2) is 0 Å². The van der Waals surface area contributed by atoms with Crippen molar-refractivity contribution in [2.24, 2.45) is 0 Å². The molecule has 0 bridgehead atoms. The van der Waals surface area contributed by atoms with E-state index < -0.39 is 12.1 Å². The fraction of sp³-hybridized carbons (Fsp3) is 0.111. The summed E-state index contributed by atoms with van der Waals surface area (Å²) in [6, 6.07) is 12.4. The Kier molecular flexibility index (Phi) is 4.30. The number of hydrogen-bond donors (Lipinski definition) is 1. The maximum atomic E-state index is 12.6. The lowest BCUT2D eigenvalue weighted by Crippen LogP contribution is -2.23. The monoisotopic (exact) mass is 387 g/mol. The van der Waals surface area contributed by atoms with Gasteiger partial charge in [0.05, 0.1) is 0 Å². The van der Waals surface area contributed by atoms with Gasteiger partial charge >= 0.3 is 12.1 Å². The Labute approximate surface area is 155 Å². The standard InChI is InChI=1S/C18H12F3N5O2/c19-18(20,21)17-24-15(25-28-17)12-6-7-26-10-13(23-14(26)8-12)16(27)22-9-11-4-2-1-3-5-11/h1-8,10H,9H2,(H,22,27). The first-order valence-electron chi connectivity index (χ1n) is 8.12. The van der Waals surface area contributed by atoms with Crippen molar-refractivity contribution in [1.29, 1.82) is 0 Å². The molecule has 7 nitrogen and oxygen atoms in total. The highest BCUT2D eigenvalue weighted by atomic mass is 19.4. The molecule has 4 rings (SSSR count). The van der Waals surface area contributed by atoms with Crippen molar-refractivity contribution in [1.82, 2.24) is 24.8 Å². The van der Waals surface area contributed by atoms with Gasteiger partial charge in [0.1, 0.15) is 11.3 Å². The summed E-state index contributed by atoms with van der Waals surface area (Å²) < 4.78 is 43.6. The van der Waals surface area contributed by atoms with Gasteiger partial charge in [-0.15, -0.1) is 0 Å². The summed E-state index contributed by atoms with van der Waals surface area (Å²) in [7, 11) is 0. The number of fused-ring (bicyclic) bond motifs is 1. The van der Waals surface area contributed by atoms with Crippen LogP contribution in [0.4, 0.5) is 13.2 Å². The number of nitrogens with zero attached hydrogens (tertiary/aromatic N) is 4. The maximum Gasteiger partial charge on any atom is 0.471 e. The molecule has 0 atom stereocenters. The second-order valence-corrected chi connectivity index (χ2v) is 5.90. The van der Waals surface area contributed by atoms with Crippen LogP contribution >= 0.6 is 0 Å². The number of pyridine rings is 1. The van der Waals surface area contributed by atoms with Crippen molar-refractivity contribution in [3.63, 3.8) is 0 Å². The average Bonchev–Trinajstić information content (AvgIpc) is 3.33. The number of hydrogen-bond acceptors (Lipinski definition) is 5. The molecule has 1 N–H and O–H groups in total. The molecule has 28 heavy (non-hydrogen) atoms. The third-order valence-corrected chi connectivity index (χ3v) is 3.92. The van der Waals surface area contributed by atoms with Crippen LogP contribution in [0.1, 0.15) is 21.9 Å². The number of amides is 1. The van der Waals surface area contributed by atoms with Gasteiger partial charge in [-0.3, -0.25) is 4.79 Å². The van der Waals surface area contributed by atoms with E-state index in [4.69, 9.17) is 0 Å². The highest BCUT2D eigenvalue weighted by Crippen LogP contribution is 2.29. The van der Waals surface area contributed by atoms with Crippen LogP contribution in [0, 0.1) is 0 Å². The van der Waals surface area contributed by atoms with Crippen LogP contribution in [0.5, 0.6) is 0 Å². The van der Waals surface area contributed by atoms with E-state index >= 15 is 0 Å². The van der Waals surface area contributed by atoms with Gasteiger partial charge < -0.3 is 14.2 Å². The first kappa shape index (κ1) is 17.7. The van der Waals surface area contributed by atoms with Crippen molar-refractivity contribution < 1.29 is 22.5 Å². The van der Waals surface area contributed by atoms with Crippen LogP contribution in [0.3, 0.4) is 0 Å². The van der Waals surface area contributed by atoms with Crippen molar-refractivity contribution in [3.8, 4) is 11.4 Å². The van der Waals surface area contributed by atoms with Crippen LogP contribution in [-0.2, 0) is 12.7 Å². The Bertz CT molecular complexity index is 1140. The average molecular weight is 387 g/mol. The van der Waals surface area contributed by atoms with Gasteiger partial charge in [-0.05, 0) is 17.7 Å². The molecule has 0 fully saturated rings. The van der Waals surface area contributed by atoms with Crippen LogP contribution in [0.2, 0.25) is 0 Å². The highest BCUT2D eigenvalue weighted by molar-refractivity contribution is 5.92. The SMILES string of the molecule is O=C(NCc1ccccc1)c1cn2ccc(-c3noc(C(F)(F)F)n3)cc2n1. The number of carbonyl (C=O) groups excluding carboxylic acids is 1. The second-order valence-electron chi connectivity index (χ2n) is 5.90. The zero-order valence-electron chi connectivity index (χ0n) is 14.1. The number of alkyl halides is 3. The molecule has 0 aliphatic carbocycles. The van der Waals surface area contributed by atoms with E-state index in [1.165, 1.54) is 18.3 Å². The third kappa shape index (κ3) is 3.56. The highest BCUT2D eigenvalue weighted by Gasteiger charge is 2.38. The van der Waals surface area contributed by atoms with Crippen molar-refractivity contribution in [3.05, 3.63) is 72.0 Å². The van der Waals surface area contributed by atoms with E-state index in [0.29, 0.717) is 12.2 Å². The Morgan fingerprint density at radius 3 is 2.64 bits per heavy atom. The van der Waals surface area contributed by atoms with Crippen LogP contribution in [0.25, 0.3) is 17.0 Å². The Hall–Kier alpha value is -3.69. The van der Waals surface area contributed by atoms with Crippen LogP contribution in [-0.4, -0.2) is 25.4 Å². The number of nitrogens with one attached hydrogen (secondary N) is 1. The van der Waals surface area contributed by atoms with Gasteiger partial charge in [-0.2, -0.15) is 18.2 Å². The summed E-state index contributed by atoms with van der Waals surface area (Å²) in [5.74, 6) is -2.01. The first-order chi connectivity index (χ1) is 13.4. The minimum Gasteiger partial charge on any atom is -0.347 e. The molecule has 1 amide bonds. The van der Waals surface area contributed by atoms with Gasteiger partial charge in [0.2, 0.25) is 5.82 Å². The van der Waals surface area contributed by atoms with E-state index in [-0.39, 0.29) is 23.0 Å². The molecule has 0 radical (unpaired) electrons. The second kappa shape index (κ2) is 6.80.